The van der Waals surface area contributed by atoms with Gasteiger partial charge in [0, 0.05) is 19.7 Å². The monoisotopic (exact) mass is 253 g/mol. The second-order valence-corrected chi connectivity index (χ2v) is 4.40. The number of nitrogens with zero attached hydrogens (tertiary/aromatic N) is 4. The van der Waals surface area contributed by atoms with Gasteiger partial charge >= 0.3 is 6.01 Å². The lowest BCUT2D eigenvalue weighted by atomic mass is 10.4. The van der Waals surface area contributed by atoms with Crippen LogP contribution >= 0.6 is 0 Å². The number of ether oxygens (including phenoxy) is 2. The first-order valence-electron chi connectivity index (χ1n) is 6.16. The van der Waals surface area contributed by atoms with Crippen LogP contribution in [-0.4, -0.2) is 47.4 Å². The predicted octanol–water partition coefficient (Wildman–Crippen LogP) is 0.468. The number of nitrogen functional groups attached to an aromatic ring is 1. The highest BCUT2D eigenvalue weighted by Gasteiger charge is 2.15. The highest BCUT2D eigenvalue weighted by molar-refractivity contribution is 5.36. The maximum absolute atomic E-state index is 5.68. The topological polar surface area (TPSA) is 86.4 Å². The van der Waals surface area contributed by atoms with E-state index in [1.54, 1.807) is 0 Å². The minimum absolute atomic E-state index is 0.00659. The van der Waals surface area contributed by atoms with E-state index in [4.69, 9.17) is 15.2 Å². The molecule has 7 nitrogen and oxygen atoms in total. The average Bonchev–Trinajstić information content (AvgIpc) is 2.55. The zero-order valence-corrected chi connectivity index (χ0v) is 10.8. The zero-order chi connectivity index (χ0) is 13.0. The molecule has 0 saturated carbocycles. The van der Waals surface area contributed by atoms with Crippen molar-refractivity contribution in [1.29, 1.82) is 0 Å². The Labute approximate surface area is 106 Å². The Kier molecular flexibility index (Phi) is 4.14. The van der Waals surface area contributed by atoms with Crippen molar-refractivity contribution in [2.75, 3.05) is 36.9 Å². The standard InChI is InChI=1S/C11H19N5O2/c1-8(2)18-11-14-9(12)13-10(15-11)16-4-3-6-17-7-5-16/h8H,3-7H2,1-2H3,(H2,12,13,14,15). The maximum Gasteiger partial charge on any atom is 0.323 e. The number of aromatic nitrogens is 3. The molecule has 0 atom stereocenters. The molecule has 7 heteroatoms. The number of nitrogens with two attached hydrogens (primary N) is 1. The Morgan fingerprint density at radius 3 is 2.83 bits per heavy atom. The van der Waals surface area contributed by atoms with Gasteiger partial charge in [0.1, 0.15) is 0 Å². The van der Waals surface area contributed by atoms with E-state index in [1.807, 2.05) is 18.7 Å². The van der Waals surface area contributed by atoms with Gasteiger partial charge in [0.25, 0.3) is 0 Å². The Morgan fingerprint density at radius 2 is 2.06 bits per heavy atom. The van der Waals surface area contributed by atoms with Crippen LogP contribution in [0.25, 0.3) is 0 Å². The third-order valence-corrected chi connectivity index (χ3v) is 2.47. The van der Waals surface area contributed by atoms with Crippen molar-refractivity contribution >= 4 is 11.9 Å². The van der Waals surface area contributed by atoms with Crippen LogP contribution in [-0.2, 0) is 4.74 Å². The van der Waals surface area contributed by atoms with Gasteiger partial charge in [0.05, 0.1) is 12.7 Å². The van der Waals surface area contributed by atoms with Crippen molar-refractivity contribution in [3.05, 3.63) is 0 Å². The summed E-state index contributed by atoms with van der Waals surface area (Å²) in [5.74, 6) is 0.740. The molecule has 18 heavy (non-hydrogen) atoms. The van der Waals surface area contributed by atoms with Gasteiger partial charge in [-0.2, -0.15) is 15.0 Å². The van der Waals surface area contributed by atoms with Crippen molar-refractivity contribution in [3.63, 3.8) is 0 Å². The van der Waals surface area contributed by atoms with Gasteiger partial charge < -0.3 is 20.1 Å². The van der Waals surface area contributed by atoms with E-state index in [2.05, 4.69) is 15.0 Å². The van der Waals surface area contributed by atoms with E-state index in [1.165, 1.54) is 0 Å². The molecule has 0 bridgehead atoms. The molecule has 100 valence electrons. The number of hydrogen-bond acceptors (Lipinski definition) is 7. The Balaban J connectivity index is 2.17. The van der Waals surface area contributed by atoms with Crippen LogP contribution in [0, 0.1) is 0 Å². The molecule has 0 aromatic carbocycles. The van der Waals surface area contributed by atoms with E-state index in [-0.39, 0.29) is 18.1 Å². The Bertz CT molecular complexity index is 391. The van der Waals surface area contributed by atoms with Crippen LogP contribution in [0.2, 0.25) is 0 Å². The second-order valence-electron chi connectivity index (χ2n) is 4.40. The zero-order valence-electron chi connectivity index (χ0n) is 10.8. The van der Waals surface area contributed by atoms with E-state index < -0.39 is 0 Å². The molecule has 1 aliphatic heterocycles. The first-order valence-corrected chi connectivity index (χ1v) is 6.16. The second kappa shape index (κ2) is 5.81. The van der Waals surface area contributed by atoms with Gasteiger partial charge in [-0.3, -0.25) is 0 Å². The molecule has 0 amide bonds. The summed E-state index contributed by atoms with van der Waals surface area (Å²) in [6, 6.07) is 0.276. The summed E-state index contributed by atoms with van der Waals surface area (Å²) in [5.41, 5.74) is 5.68. The maximum atomic E-state index is 5.68. The van der Waals surface area contributed by atoms with Crippen LogP contribution in [0.1, 0.15) is 20.3 Å². The quantitative estimate of drug-likeness (QED) is 0.837. The largest absolute Gasteiger partial charge is 0.461 e. The first-order chi connectivity index (χ1) is 8.65. The molecule has 0 aliphatic carbocycles. The molecule has 2 rings (SSSR count). The number of anilines is 2. The SMILES string of the molecule is CC(C)Oc1nc(N)nc(N2CCCOCC2)n1. The number of rotatable bonds is 3. The lowest BCUT2D eigenvalue weighted by molar-refractivity contribution is 0.152. The summed E-state index contributed by atoms with van der Waals surface area (Å²) in [5, 5.41) is 0. The van der Waals surface area contributed by atoms with Crippen molar-refractivity contribution in [2.45, 2.75) is 26.4 Å². The van der Waals surface area contributed by atoms with Gasteiger partial charge in [-0.25, -0.2) is 0 Å². The van der Waals surface area contributed by atoms with E-state index in [0.717, 1.165) is 26.1 Å². The minimum Gasteiger partial charge on any atom is -0.461 e. The van der Waals surface area contributed by atoms with Crippen LogP contribution in [0.4, 0.5) is 11.9 Å². The Morgan fingerprint density at radius 1 is 1.22 bits per heavy atom. The normalized spacial score (nSPS) is 16.7. The third-order valence-electron chi connectivity index (χ3n) is 2.47. The predicted molar refractivity (Wildman–Crippen MR) is 67.7 cm³/mol. The fourth-order valence-corrected chi connectivity index (χ4v) is 1.71. The van der Waals surface area contributed by atoms with Gasteiger partial charge in [-0.1, -0.05) is 0 Å². The van der Waals surface area contributed by atoms with Crippen molar-refractivity contribution < 1.29 is 9.47 Å². The molecule has 1 fully saturated rings. The summed E-state index contributed by atoms with van der Waals surface area (Å²) in [7, 11) is 0. The summed E-state index contributed by atoms with van der Waals surface area (Å²) in [4.78, 5) is 14.4. The molecule has 1 aromatic heterocycles. The van der Waals surface area contributed by atoms with Gasteiger partial charge in [-0.05, 0) is 20.3 Å². The minimum atomic E-state index is 0.00659. The molecule has 1 aromatic rings. The molecular weight excluding hydrogens is 234 g/mol. The Hall–Kier alpha value is -1.63. The smallest absolute Gasteiger partial charge is 0.323 e. The average molecular weight is 253 g/mol. The van der Waals surface area contributed by atoms with Crippen LogP contribution in [0.3, 0.4) is 0 Å². The van der Waals surface area contributed by atoms with Crippen molar-refractivity contribution in [2.24, 2.45) is 0 Å². The van der Waals surface area contributed by atoms with Gasteiger partial charge in [0.2, 0.25) is 11.9 Å². The highest BCUT2D eigenvalue weighted by Crippen LogP contribution is 2.15. The first kappa shape index (κ1) is 12.8. The lowest BCUT2D eigenvalue weighted by Gasteiger charge is -2.20. The van der Waals surface area contributed by atoms with Gasteiger partial charge in [-0.15, -0.1) is 0 Å². The molecule has 0 radical (unpaired) electrons. The summed E-state index contributed by atoms with van der Waals surface area (Å²) < 4.78 is 10.9. The van der Waals surface area contributed by atoms with Gasteiger partial charge in [0.15, 0.2) is 0 Å². The molecule has 1 aliphatic rings. The van der Waals surface area contributed by atoms with Crippen molar-refractivity contribution in [3.8, 4) is 6.01 Å². The number of hydrogen-bond donors (Lipinski definition) is 1. The fourth-order valence-electron chi connectivity index (χ4n) is 1.71. The third kappa shape index (κ3) is 3.43. The van der Waals surface area contributed by atoms with Crippen LogP contribution < -0.4 is 15.4 Å². The molecule has 0 unspecified atom stereocenters. The summed E-state index contributed by atoms with van der Waals surface area (Å²) in [6.07, 6.45) is 0.957. The van der Waals surface area contributed by atoms with Crippen molar-refractivity contribution in [1.82, 2.24) is 15.0 Å². The molecule has 1 saturated heterocycles. The summed E-state index contributed by atoms with van der Waals surface area (Å²) >= 11 is 0. The molecule has 2 heterocycles. The van der Waals surface area contributed by atoms with E-state index in [0.29, 0.717) is 12.6 Å². The molecular formula is C11H19N5O2. The van der Waals surface area contributed by atoms with E-state index >= 15 is 0 Å². The van der Waals surface area contributed by atoms with Crippen LogP contribution in [0.15, 0.2) is 0 Å². The van der Waals surface area contributed by atoms with E-state index in [9.17, 15) is 0 Å². The highest BCUT2D eigenvalue weighted by atomic mass is 16.5. The summed E-state index contributed by atoms with van der Waals surface area (Å²) in [6.45, 7) is 6.88. The molecule has 2 N–H and O–H groups in total. The fraction of sp³-hybridized carbons (Fsp3) is 0.727. The molecule has 0 spiro atoms. The van der Waals surface area contributed by atoms with Crippen LogP contribution in [0.5, 0.6) is 6.01 Å². The lowest BCUT2D eigenvalue weighted by Crippen LogP contribution is -2.28.